The van der Waals surface area contributed by atoms with Crippen molar-refractivity contribution in [3.05, 3.63) is 0 Å². The predicted octanol–water partition coefficient (Wildman–Crippen LogP) is 1.72. The summed E-state index contributed by atoms with van der Waals surface area (Å²) in [5.74, 6) is 0.542. The zero-order valence-corrected chi connectivity index (χ0v) is 11.6. The van der Waals surface area contributed by atoms with Crippen LogP contribution < -0.4 is 5.32 Å². The van der Waals surface area contributed by atoms with Crippen LogP contribution >= 0.6 is 0 Å². The van der Waals surface area contributed by atoms with Gasteiger partial charge < -0.3 is 15.2 Å². The first-order valence-electron chi connectivity index (χ1n) is 6.39. The smallest absolute Gasteiger partial charge is 0.222 e. The zero-order valence-electron chi connectivity index (χ0n) is 11.6. The van der Waals surface area contributed by atoms with Crippen molar-refractivity contribution in [1.29, 1.82) is 0 Å². The Morgan fingerprint density at radius 3 is 2.59 bits per heavy atom. The highest BCUT2D eigenvalue weighted by atomic mass is 16.5. The van der Waals surface area contributed by atoms with Gasteiger partial charge in [-0.2, -0.15) is 0 Å². The Kier molecular flexibility index (Phi) is 8.17. The van der Waals surface area contributed by atoms with E-state index in [0.29, 0.717) is 12.5 Å². The van der Waals surface area contributed by atoms with Gasteiger partial charge in [0, 0.05) is 19.6 Å². The van der Waals surface area contributed by atoms with Crippen LogP contribution in [-0.2, 0) is 9.53 Å². The molecule has 0 aromatic heterocycles. The minimum atomic E-state index is -0.207. The predicted molar refractivity (Wildman–Crippen MR) is 68.8 cm³/mol. The Morgan fingerprint density at radius 2 is 2.06 bits per heavy atom. The summed E-state index contributed by atoms with van der Waals surface area (Å²) >= 11 is 0. The van der Waals surface area contributed by atoms with Gasteiger partial charge in [-0.15, -0.1) is 0 Å². The summed E-state index contributed by atoms with van der Waals surface area (Å²) in [6.07, 6.45) is 2.01. The van der Waals surface area contributed by atoms with Crippen LogP contribution in [0.4, 0.5) is 0 Å². The van der Waals surface area contributed by atoms with Crippen molar-refractivity contribution in [1.82, 2.24) is 5.32 Å². The van der Waals surface area contributed by atoms with E-state index in [1.165, 1.54) is 0 Å². The Labute approximate surface area is 105 Å². The van der Waals surface area contributed by atoms with Crippen molar-refractivity contribution < 1.29 is 14.6 Å². The number of aliphatic hydroxyl groups excluding tert-OH is 1. The van der Waals surface area contributed by atoms with E-state index in [-0.39, 0.29) is 24.5 Å². The highest BCUT2D eigenvalue weighted by molar-refractivity contribution is 5.75. The molecule has 0 rings (SSSR count). The second-order valence-electron chi connectivity index (χ2n) is 5.36. The summed E-state index contributed by atoms with van der Waals surface area (Å²) in [6.45, 7) is 9.66. The van der Waals surface area contributed by atoms with Gasteiger partial charge in [0.05, 0.1) is 12.2 Å². The van der Waals surface area contributed by atoms with Crippen LogP contribution in [0.2, 0.25) is 0 Å². The zero-order chi connectivity index (χ0) is 13.3. The molecule has 2 N–H and O–H groups in total. The average molecular weight is 245 g/mol. The van der Waals surface area contributed by atoms with Crippen molar-refractivity contribution in [2.45, 2.75) is 52.6 Å². The maximum Gasteiger partial charge on any atom is 0.222 e. The number of carbonyl (C=O) groups excluding carboxylic acids is 1. The number of rotatable bonds is 9. The number of ether oxygens (including phenoxy) is 1. The third-order valence-corrected chi connectivity index (χ3v) is 2.58. The monoisotopic (exact) mass is 245 g/mol. The van der Waals surface area contributed by atoms with Gasteiger partial charge >= 0.3 is 0 Å². The molecule has 0 bridgehead atoms. The van der Waals surface area contributed by atoms with Crippen LogP contribution in [0.5, 0.6) is 0 Å². The standard InChI is InChI=1S/C13H27NO3/c1-11(2)6-10-17-13(3,4)7-8-14-12(16)5-9-15/h11,15H,5-10H2,1-4H3,(H,14,16). The van der Waals surface area contributed by atoms with Crippen molar-refractivity contribution in [3.8, 4) is 0 Å². The highest BCUT2D eigenvalue weighted by Gasteiger charge is 2.18. The lowest BCUT2D eigenvalue weighted by molar-refractivity contribution is -0.122. The lowest BCUT2D eigenvalue weighted by atomic mass is 10.0. The molecule has 1 amide bonds. The number of aliphatic hydroxyl groups is 1. The molecule has 0 aromatic rings. The summed E-state index contributed by atoms with van der Waals surface area (Å²) in [7, 11) is 0. The van der Waals surface area contributed by atoms with Gasteiger partial charge in [0.2, 0.25) is 5.91 Å². The summed E-state index contributed by atoms with van der Waals surface area (Å²) in [5, 5.41) is 11.3. The number of hydrogen-bond acceptors (Lipinski definition) is 3. The van der Waals surface area contributed by atoms with Gasteiger partial charge in [-0.25, -0.2) is 0 Å². The van der Waals surface area contributed by atoms with Gasteiger partial charge in [0.15, 0.2) is 0 Å². The van der Waals surface area contributed by atoms with E-state index < -0.39 is 0 Å². The van der Waals surface area contributed by atoms with Crippen molar-refractivity contribution in [3.63, 3.8) is 0 Å². The lowest BCUT2D eigenvalue weighted by Crippen LogP contribution is -2.33. The Bertz CT molecular complexity index is 215. The summed E-state index contributed by atoms with van der Waals surface area (Å²) < 4.78 is 5.78. The molecule has 102 valence electrons. The molecule has 4 nitrogen and oxygen atoms in total. The molecular formula is C13H27NO3. The van der Waals surface area contributed by atoms with Crippen molar-refractivity contribution in [2.75, 3.05) is 19.8 Å². The molecule has 0 unspecified atom stereocenters. The van der Waals surface area contributed by atoms with E-state index in [1.807, 2.05) is 13.8 Å². The third kappa shape index (κ3) is 10.3. The first kappa shape index (κ1) is 16.4. The molecule has 0 aliphatic carbocycles. The SMILES string of the molecule is CC(C)CCOC(C)(C)CCNC(=O)CCO. The summed E-state index contributed by atoms with van der Waals surface area (Å²) in [6, 6.07) is 0. The topological polar surface area (TPSA) is 58.6 Å². The van der Waals surface area contributed by atoms with E-state index in [1.54, 1.807) is 0 Å². The molecule has 0 saturated carbocycles. The molecule has 0 atom stereocenters. The van der Waals surface area contributed by atoms with Crippen LogP contribution in [0.1, 0.15) is 47.0 Å². The Balaban J connectivity index is 3.66. The van der Waals surface area contributed by atoms with E-state index in [2.05, 4.69) is 19.2 Å². The molecule has 0 fully saturated rings. The molecule has 0 radical (unpaired) electrons. The molecule has 17 heavy (non-hydrogen) atoms. The van der Waals surface area contributed by atoms with E-state index in [0.717, 1.165) is 19.4 Å². The molecular weight excluding hydrogens is 218 g/mol. The second-order valence-corrected chi connectivity index (χ2v) is 5.36. The van der Waals surface area contributed by atoms with Crippen LogP contribution in [-0.4, -0.2) is 36.4 Å². The number of carbonyl (C=O) groups is 1. The second kappa shape index (κ2) is 8.48. The summed E-state index contributed by atoms with van der Waals surface area (Å²) in [4.78, 5) is 11.1. The molecule has 0 heterocycles. The fourth-order valence-electron chi connectivity index (χ4n) is 1.34. The molecule has 0 saturated heterocycles. The van der Waals surface area contributed by atoms with Crippen LogP contribution in [0.3, 0.4) is 0 Å². The van der Waals surface area contributed by atoms with E-state index in [4.69, 9.17) is 9.84 Å². The minimum Gasteiger partial charge on any atom is -0.396 e. The molecule has 0 aliphatic rings. The highest BCUT2D eigenvalue weighted by Crippen LogP contribution is 2.15. The third-order valence-electron chi connectivity index (χ3n) is 2.58. The van der Waals surface area contributed by atoms with Gasteiger partial charge in [-0.05, 0) is 32.6 Å². The van der Waals surface area contributed by atoms with Gasteiger partial charge in [0.25, 0.3) is 0 Å². The fourth-order valence-corrected chi connectivity index (χ4v) is 1.34. The molecule has 0 spiro atoms. The maximum atomic E-state index is 11.1. The van der Waals surface area contributed by atoms with Crippen LogP contribution in [0, 0.1) is 5.92 Å². The van der Waals surface area contributed by atoms with E-state index in [9.17, 15) is 4.79 Å². The first-order valence-corrected chi connectivity index (χ1v) is 6.39. The van der Waals surface area contributed by atoms with Crippen molar-refractivity contribution in [2.24, 2.45) is 5.92 Å². The lowest BCUT2D eigenvalue weighted by Gasteiger charge is -2.26. The largest absolute Gasteiger partial charge is 0.396 e. The summed E-state index contributed by atoms with van der Waals surface area (Å²) in [5.41, 5.74) is -0.207. The van der Waals surface area contributed by atoms with Gasteiger partial charge in [0.1, 0.15) is 0 Å². The average Bonchev–Trinajstić information content (AvgIpc) is 2.16. The van der Waals surface area contributed by atoms with Gasteiger partial charge in [-0.1, -0.05) is 13.8 Å². The van der Waals surface area contributed by atoms with Crippen LogP contribution in [0.25, 0.3) is 0 Å². The van der Waals surface area contributed by atoms with Crippen LogP contribution in [0.15, 0.2) is 0 Å². The normalized spacial score (nSPS) is 11.9. The number of nitrogens with one attached hydrogen (secondary N) is 1. The first-order chi connectivity index (χ1) is 7.87. The minimum absolute atomic E-state index is 0.0971. The molecule has 0 aromatic carbocycles. The van der Waals surface area contributed by atoms with Gasteiger partial charge in [-0.3, -0.25) is 4.79 Å². The molecule has 4 heteroatoms. The quantitative estimate of drug-likeness (QED) is 0.650. The Morgan fingerprint density at radius 1 is 1.41 bits per heavy atom. The number of hydrogen-bond donors (Lipinski definition) is 2. The maximum absolute atomic E-state index is 11.1. The fraction of sp³-hybridized carbons (Fsp3) is 0.923. The Hall–Kier alpha value is -0.610. The number of amides is 1. The van der Waals surface area contributed by atoms with Crippen molar-refractivity contribution >= 4 is 5.91 Å². The van der Waals surface area contributed by atoms with E-state index >= 15 is 0 Å². The molecule has 0 aliphatic heterocycles.